The number of allylic oxidation sites excluding steroid dienone is 2. The van der Waals surface area contributed by atoms with Gasteiger partial charge in [-0.05, 0) is 58.9 Å². The predicted molar refractivity (Wildman–Crippen MR) is 132 cm³/mol. The van der Waals surface area contributed by atoms with Crippen molar-refractivity contribution in [3.63, 3.8) is 0 Å². The number of Topliss-reactive ketones (excluding diaryl/α,β-unsaturated/α-hetero) is 1. The van der Waals surface area contributed by atoms with Crippen molar-refractivity contribution < 1.29 is 14.3 Å². The summed E-state index contributed by atoms with van der Waals surface area (Å²) >= 11 is 0. The number of benzene rings is 3. The molecule has 0 fully saturated rings. The minimum absolute atomic E-state index is 0.0915. The fourth-order valence-corrected chi connectivity index (χ4v) is 5.68. The molecule has 0 saturated carbocycles. The van der Waals surface area contributed by atoms with E-state index in [1.165, 1.54) is 0 Å². The van der Waals surface area contributed by atoms with Gasteiger partial charge in [-0.15, -0.1) is 0 Å². The van der Waals surface area contributed by atoms with Crippen LogP contribution in [0.25, 0.3) is 21.5 Å². The molecule has 1 aliphatic heterocycles. The Morgan fingerprint density at radius 2 is 1.64 bits per heavy atom. The fraction of sp³-hybridized carbons (Fsp3) is 0.345. The zero-order valence-electron chi connectivity index (χ0n) is 19.6. The SMILES string of the molecule is CCOC(=O)C1C(C)=NC2=C(C(=O)CC(C)(C)C2)[C@@H]1c1c2ccccc2cc2ccccc12. The van der Waals surface area contributed by atoms with E-state index in [2.05, 4.69) is 44.2 Å². The predicted octanol–water partition coefficient (Wildman–Crippen LogP) is 6.37. The minimum Gasteiger partial charge on any atom is -0.465 e. The highest BCUT2D eigenvalue weighted by Crippen LogP contribution is 2.50. The van der Waals surface area contributed by atoms with Gasteiger partial charge in [-0.2, -0.15) is 0 Å². The fourth-order valence-electron chi connectivity index (χ4n) is 5.68. The molecule has 4 heteroatoms. The number of fused-ring (bicyclic) bond motifs is 2. The Labute approximate surface area is 194 Å². The molecule has 1 heterocycles. The maximum Gasteiger partial charge on any atom is 0.315 e. The number of ketones is 1. The Morgan fingerprint density at radius 3 is 2.24 bits per heavy atom. The lowest BCUT2D eigenvalue weighted by molar-refractivity contribution is -0.146. The summed E-state index contributed by atoms with van der Waals surface area (Å²) in [7, 11) is 0. The third-order valence-electron chi connectivity index (χ3n) is 6.97. The maximum atomic E-state index is 13.7. The van der Waals surface area contributed by atoms with Crippen LogP contribution in [0.5, 0.6) is 0 Å². The van der Waals surface area contributed by atoms with Crippen molar-refractivity contribution in [1.82, 2.24) is 0 Å². The van der Waals surface area contributed by atoms with E-state index in [1.54, 1.807) is 0 Å². The number of ether oxygens (including phenoxy) is 1. The van der Waals surface area contributed by atoms with Crippen LogP contribution in [-0.4, -0.2) is 24.1 Å². The number of aliphatic imine (C=N–C) groups is 1. The number of rotatable bonds is 3. The number of carbonyl (C=O) groups excluding carboxylic acids is 2. The second kappa shape index (κ2) is 7.95. The van der Waals surface area contributed by atoms with E-state index in [1.807, 2.05) is 38.1 Å². The van der Waals surface area contributed by atoms with Gasteiger partial charge in [0.2, 0.25) is 0 Å². The Balaban J connectivity index is 1.87. The first kappa shape index (κ1) is 21.6. The number of esters is 1. The molecule has 3 aromatic rings. The summed E-state index contributed by atoms with van der Waals surface area (Å²) in [5, 5.41) is 4.32. The van der Waals surface area contributed by atoms with E-state index in [-0.39, 0.29) is 17.2 Å². The normalized spacial score (nSPS) is 22.3. The van der Waals surface area contributed by atoms with Gasteiger partial charge in [0, 0.05) is 29.3 Å². The second-order valence-electron chi connectivity index (χ2n) is 9.99. The molecule has 0 radical (unpaired) electrons. The third kappa shape index (κ3) is 3.58. The summed E-state index contributed by atoms with van der Waals surface area (Å²) in [5.74, 6) is -1.27. The summed E-state index contributed by atoms with van der Waals surface area (Å²) < 4.78 is 5.53. The molecule has 0 spiro atoms. The summed E-state index contributed by atoms with van der Waals surface area (Å²) in [6.45, 7) is 8.23. The van der Waals surface area contributed by atoms with Crippen molar-refractivity contribution in [2.24, 2.45) is 16.3 Å². The van der Waals surface area contributed by atoms with Gasteiger partial charge in [-0.3, -0.25) is 14.6 Å². The molecule has 2 aliphatic rings. The highest BCUT2D eigenvalue weighted by Gasteiger charge is 2.46. The average molecular weight is 440 g/mol. The van der Waals surface area contributed by atoms with E-state index in [4.69, 9.17) is 9.73 Å². The van der Waals surface area contributed by atoms with Crippen LogP contribution in [0.2, 0.25) is 0 Å². The van der Waals surface area contributed by atoms with Crippen LogP contribution in [0, 0.1) is 11.3 Å². The van der Waals surface area contributed by atoms with Crippen LogP contribution in [0.4, 0.5) is 0 Å². The van der Waals surface area contributed by atoms with Crippen LogP contribution >= 0.6 is 0 Å². The maximum absolute atomic E-state index is 13.7. The van der Waals surface area contributed by atoms with Crippen molar-refractivity contribution in [3.8, 4) is 0 Å². The quantitative estimate of drug-likeness (QED) is 0.352. The zero-order chi connectivity index (χ0) is 23.3. The largest absolute Gasteiger partial charge is 0.465 e. The lowest BCUT2D eigenvalue weighted by Gasteiger charge is -2.39. The Hall–Kier alpha value is -3.27. The van der Waals surface area contributed by atoms with Crippen molar-refractivity contribution in [3.05, 3.63) is 71.4 Å². The lowest BCUT2D eigenvalue weighted by Crippen LogP contribution is -2.39. The molecular formula is C29H29NO3. The molecule has 3 aromatic carbocycles. The third-order valence-corrected chi connectivity index (χ3v) is 6.97. The van der Waals surface area contributed by atoms with Gasteiger partial charge in [0.25, 0.3) is 0 Å². The van der Waals surface area contributed by atoms with Gasteiger partial charge < -0.3 is 4.74 Å². The topological polar surface area (TPSA) is 55.7 Å². The molecule has 168 valence electrons. The molecule has 1 aliphatic carbocycles. The second-order valence-corrected chi connectivity index (χ2v) is 9.99. The van der Waals surface area contributed by atoms with Crippen molar-refractivity contribution in [1.29, 1.82) is 0 Å². The number of hydrogen-bond acceptors (Lipinski definition) is 4. The summed E-state index contributed by atoms with van der Waals surface area (Å²) in [5.41, 5.74) is 3.12. The van der Waals surface area contributed by atoms with Gasteiger partial charge in [0.1, 0.15) is 5.92 Å². The highest BCUT2D eigenvalue weighted by atomic mass is 16.5. The van der Waals surface area contributed by atoms with Gasteiger partial charge >= 0.3 is 5.97 Å². The van der Waals surface area contributed by atoms with E-state index < -0.39 is 11.8 Å². The summed E-state index contributed by atoms with van der Waals surface area (Å²) in [6.07, 6.45) is 1.18. The molecule has 0 N–H and O–H groups in total. The van der Waals surface area contributed by atoms with Gasteiger partial charge in [0.05, 0.1) is 6.61 Å². The first-order valence-corrected chi connectivity index (χ1v) is 11.7. The molecule has 1 unspecified atom stereocenters. The number of nitrogens with zero attached hydrogens (tertiary/aromatic N) is 1. The van der Waals surface area contributed by atoms with E-state index in [9.17, 15) is 9.59 Å². The van der Waals surface area contributed by atoms with E-state index in [0.717, 1.165) is 44.9 Å². The first-order valence-electron chi connectivity index (χ1n) is 11.7. The summed E-state index contributed by atoms with van der Waals surface area (Å²) in [6, 6.07) is 18.6. The molecule has 4 nitrogen and oxygen atoms in total. The molecular weight excluding hydrogens is 410 g/mol. The Kier molecular flexibility index (Phi) is 5.19. The molecule has 0 aromatic heterocycles. The van der Waals surface area contributed by atoms with Crippen LogP contribution in [0.15, 0.2) is 70.9 Å². The van der Waals surface area contributed by atoms with E-state index in [0.29, 0.717) is 18.6 Å². The number of carbonyl (C=O) groups is 2. The molecule has 0 bridgehead atoms. The minimum atomic E-state index is -0.622. The highest BCUT2D eigenvalue weighted by molar-refractivity contribution is 6.12. The summed E-state index contributed by atoms with van der Waals surface area (Å²) in [4.78, 5) is 31.8. The van der Waals surface area contributed by atoms with Crippen LogP contribution < -0.4 is 0 Å². The molecule has 33 heavy (non-hydrogen) atoms. The smallest absolute Gasteiger partial charge is 0.315 e. The molecule has 0 saturated heterocycles. The Bertz CT molecular complexity index is 1310. The van der Waals surface area contributed by atoms with Gasteiger partial charge in [-0.25, -0.2) is 0 Å². The monoisotopic (exact) mass is 439 g/mol. The Morgan fingerprint density at radius 1 is 1.03 bits per heavy atom. The average Bonchev–Trinajstić information content (AvgIpc) is 2.75. The first-order chi connectivity index (χ1) is 15.8. The van der Waals surface area contributed by atoms with Crippen LogP contribution in [-0.2, 0) is 14.3 Å². The standard InChI is InChI=1S/C29H29NO3/c1-5-33-28(32)24-17(2)30-22-15-29(3,4)16-23(31)26(22)27(24)25-20-12-8-6-10-18(20)14-19-11-7-9-13-21(19)25/h6-14,24,27H,5,15-16H2,1-4H3/t24?,27-/m0/s1. The van der Waals surface area contributed by atoms with E-state index >= 15 is 0 Å². The molecule has 0 amide bonds. The van der Waals surface area contributed by atoms with Gasteiger partial charge in [-0.1, -0.05) is 62.4 Å². The van der Waals surface area contributed by atoms with Crippen LogP contribution in [0.3, 0.4) is 0 Å². The zero-order valence-corrected chi connectivity index (χ0v) is 19.6. The molecule has 5 rings (SSSR count). The number of hydrogen-bond donors (Lipinski definition) is 0. The van der Waals surface area contributed by atoms with Crippen LogP contribution in [0.1, 0.15) is 52.0 Å². The van der Waals surface area contributed by atoms with Gasteiger partial charge in [0.15, 0.2) is 5.78 Å². The van der Waals surface area contributed by atoms with Crippen molar-refractivity contribution >= 4 is 39.0 Å². The molecule has 2 atom stereocenters. The van der Waals surface area contributed by atoms with Crippen molar-refractivity contribution in [2.75, 3.05) is 6.61 Å². The van der Waals surface area contributed by atoms with Crippen molar-refractivity contribution in [2.45, 2.75) is 46.5 Å². The lowest BCUT2D eigenvalue weighted by atomic mass is 9.65.